The third kappa shape index (κ3) is 5.32. The first-order chi connectivity index (χ1) is 15.3. The molecule has 0 bridgehead atoms. The molecule has 1 heterocycles. The van der Waals surface area contributed by atoms with Gasteiger partial charge < -0.3 is 19.1 Å². The molecule has 2 aromatic rings. The van der Waals surface area contributed by atoms with Crippen molar-refractivity contribution in [2.24, 2.45) is 0 Å². The molecule has 1 saturated heterocycles. The minimum Gasteiger partial charge on any atom is -0.497 e. The Bertz CT molecular complexity index is 1080. The van der Waals surface area contributed by atoms with Gasteiger partial charge in [-0.15, -0.1) is 0 Å². The van der Waals surface area contributed by atoms with Gasteiger partial charge in [-0.3, -0.25) is 4.79 Å². The summed E-state index contributed by atoms with van der Waals surface area (Å²) in [5, 5.41) is 0.446. The van der Waals surface area contributed by atoms with Crippen molar-refractivity contribution in [2.75, 3.05) is 47.0 Å². The SMILES string of the molecule is COc1ccc(C(=O)OCC(=O)N2CCN(S(=O)(=O)c3ccc(Cl)cc3)CC2)c(OC)c1. The van der Waals surface area contributed by atoms with E-state index in [4.69, 9.17) is 25.8 Å². The van der Waals surface area contributed by atoms with Gasteiger partial charge in [0.15, 0.2) is 6.61 Å². The predicted octanol–water partition coefficient (Wildman–Crippen LogP) is 2.05. The van der Waals surface area contributed by atoms with E-state index in [2.05, 4.69) is 0 Å². The standard InChI is InChI=1S/C21H23ClN2O7S/c1-29-16-5-8-18(19(13-16)30-2)21(26)31-14-20(25)23-9-11-24(12-10-23)32(27,28)17-6-3-15(22)4-7-17/h3-8,13H,9-12,14H2,1-2H3. The number of nitrogens with zero attached hydrogens (tertiary/aromatic N) is 2. The number of sulfonamides is 1. The lowest BCUT2D eigenvalue weighted by molar-refractivity contribution is -0.135. The summed E-state index contributed by atoms with van der Waals surface area (Å²) < 4.78 is 42.2. The van der Waals surface area contributed by atoms with E-state index in [0.717, 1.165) is 0 Å². The van der Waals surface area contributed by atoms with Crippen LogP contribution >= 0.6 is 11.6 Å². The number of piperazine rings is 1. The van der Waals surface area contributed by atoms with Crippen molar-refractivity contribution in [3.8, 4) is 11.5 Å². The van der Waals surface area contributed by atoms with Crippen molar-refractivity contribution in [1.29, 1.82) is 0 Å². The van der Waals surface area contributed by atoms with Gasteiger partial charge >= 0.3 is 5.97 Å². The van der Waals surface area contributed by atoms with Crippen LogP contribution in [0.4, 0.5) is 0 Å². The predicted molar refractivity (Wildman–Crippen MR) is 117 cm³/mol. The van der Waals surface area contributed by atoms with Gasteiger partial charge in [0.05, 0.1) is 19.1 Å². The molecule has 1 aliphatic rings. The molecule has 32 heavy (non-hydrogen) atoms. The van der Waals surface area contributed by atoms with Crippen molar-refractivity contribution in [3.63, 3.8) is 0 Å². The maximum atomic E-state index is 12.7. The van der Waals surface area contributed by atoms with E-state index in [1.54, 1.807) is 12.1 Å². The number of amides is 1. The Hall–Kier alpha value is -2.82. The van der Waals surface area contributed by atoms with Crippen LogP contribution in [0.1, 0.15) is 10.4 Å². The van der Waals surface area contributed by atoms with E-state index < -0.39 is 28.5 Å². The molecule has 0 aliphatic carbocycles. The molecule has 0 aromatic heterocycles. The fourth-order valence-electron chi connectivity index (χ4n) is 3.20. The van der Waals surface area contributed by atoms with Crippen LogP contribution < -0.4 is 9.47 Å². The minimum absolute atomic E-state index is 0.136. The monoisotopic (exact) mass is 482 g/mol. The number of ether oxygens (including phenoxy) is 3. The molecule has 1 fully saturated rings. The van der Waals surface area contributed by atoms with Gasteiger partial charge in [-0.25, -0.2) is 13.2 Å². The highest BCUT2D eigenvalue weighted by atomic mass is 35.5. The highest BCUT2D eigenvalue weighted by molar-refractivity contribution is 7.89. The maximum absolute atomic E-state index is 12.7. The molecule has 0 radical (unpaired) electrons. The summed E-state index contributed by atoms with van der Waals surface area (Å²) in [6, 6.07) is 10.5. The number of carbonyl (C=O) groups excluding carboxylic acids is 2. The fraction of sp³-hybridized carbons (Fsp3) is 0.333. The number of esters is 1. The molecular formula is C21H23ClN2O7S. The zero-order chi connectivity index (χ0) is 23.3. The van der Waals surface area contributed by atoms with Crippen LogP contribution in [0.15, 0.2) is 47.4 Å². The molecule has 11 heteroatoms. The van der Waals surface area contributed by atoms with Crippen molar-refractivity contribution >= 4 is 33.5 Å². The van der Waals surface area contributed by atoms with E-state index in [1.165, 1.54) is 53.8 Å². The van der Waals surface area contributed by atoms with Gasteiger partial charge in [0.25, 0.3) is 5.91 Å². The normalized spacial score (nSPS) is 14.7. The molecule has 1 amide bonds. The molecule has 2 aromatic carbocycles. The van der Waals surface area contributed by atoms with E-state index in [0.29, 0.717) is 10.8 Å². The smallest absolute Gasteiger partial charge is 0.342 e. The maximum Gasteiger partial charge on any atom is 0.342 e. The first-order valence-corrected chi connectivity index (χ1v) is 11.5. The van der Waals surface area contributed by atoms with Gasteiger partial charge in [-0.2, -0.15) is 4.31 Å². The van der Waals surface area contributed by atoms with Gasteiger partial charge in [-0.1, -0.05) is 11.6 Å². The van der Waals surface area contributed by atoms with Crippen LogP contribution in [-0.4, -0.2) is 76.5 Å². The lowest BCUT2D eigenvalue weighted by Crippen LogP contribution is -2.51. The Kier molecular flexibility index (Phi) is 7.60. The summed E-state index contributed by atoms with van der Waals surface area (Å²) >= 11 is 5.82. The molecule has 0 atom stereocenters. The number of hydrogen-bond donors (Lipinski definition) is 0. The highest BCUT2D eigenvalue weighted by Gasteiger charge is 2.30. The Labute approximate surface area is 191 Å². The zero-order valence-corrected chi connectivity index (χ0v) is 19.2. The first kappa shape index (κ1) is 23.8. The van der Waals surface area contributed by atoms with E-state index in [9.17, 15) is 18.0 Å². The van der Waals surface area contributed by atoms with Crippen molar-refractivity contribution in [3.05, 3.63) is 53.1 Å². The summed E-state index contributed by atoms with van der Waals surface area (Å²) in [7, 11) is -0.773. The molecular weight excluding hydrogens is 460 g/mol. The minimum atomic E-state index is -3.68. The summed E-state index contributed by atoms with van der Waals surface area (Å²) in [6.45, 7) is 0.190. The molecule has 172 valence electrons. The van der Waals surface area contributed by atoms with E-state index in [1.807, 2.05) is 0 Å². The zero-order valence-electron chi connectivity index (χ0n) is 17.6. The van der Waals surface area contributed by atoms with E-state index in [-0.39, 0.29) is 42.4 Å². The number of halogens is 1. The molecule has 0 unspecified atom stereocenters. The Morgan fingerprint density at radius 1 is 0.969 bits per heavy atom. The fourth-order valence-corrected chi connectivity index (χ4v) is 4.75. The number of hydrogen-bond acceptors (Lipinski definition) is 7. The second kappa shape index (κ2) is 10.2. The first-order valence-electron chi connectivity index (χ1n) is 9.69. The van der Waals surface area contributed by atoms with Gasteiger partial charge in [0, 0.05) is 37.3 Å². The van der Waals surface area contributed by atoms with Crippen molar-refractivity contribution in [2.45, 2.75) is 4.90 Å². The molecule has 0 N–H and O–H groups in total. The topological polar surface area (TPSA) is 102 Å². The van der Waals surface area contributed by atoms with Crippen LogP contribution in [0, 0.1) is 0 Å². The van der Waals surface area contributed by atoms with E-state index >= 15 is 0 Å². The van der Waals surface area contributed by atoms with Gasteiger partial charge in [0.2, 0.25) is 10.0 Å². The van der Waals surface area contributed by atoms with Gasteiger partial charge in [-0.05, 0) is 36.4 Å². The quantitative estimate of drug-likeness (QED) is 0.556. The number of benzene rings is 2. The molecule has 3 rings (SSSR count). The van der Waals surface area contributed by atoms with Crippen LogP contribution in [0.5, 0.6) is 11.5 Å². The van der Waals surface area contributed by atoms with Crippen LogP contribution in [0.25, 0.3) is 0 Å². The summed E-state index contributed by atoms with van der Waals surface area (Å²) in [5.74, 6) is -0.333. The number of rotatable bonds is 7. The third-order valence-corrected chi connectivity index (χ3v) is 7.16. The third-order valence-electron chi connectivity index (χ3n) is 5.00. The van der Waals surface area contributed by atoms with Crippen molar-refractivity contribution < 1.29 is 32.2 Å². The highest BCUT2D eigenvalue weighted by Crippen LogP contribution is 2.25. The number of methoxy groups -OCH3 is 2. The van der Waals surface area contributed by atoms with Crippen LogP contribution in [0.2, 0.25) is 5.02 Å². The summed E-state index contributed by atoms with van der Waals surface area (Å²) in [6.07, 6.45) is 0. The van der Waals surface area contributed by atoms with Gasteiger partial charge in [0.1, 0.15) is 17.1 Å². The summed E-state index contributed by atoms with van der Waals surface area (Å²) in [4.78, 5) is 26.4. The average Bonchev–Trinajstić information content (AvgIpc) is 2.82. The second-order valence-corrected chi connectivity index (χ2v) is 9.26. The Morgan fingerprint density at radius 2 is 1.62 bits per heavy atom. The summed E-state index contributed by atoms with van der Waals surface area (Å²) in [5.41, 5.74) is 0.167. The Balaban J connectivity index is 1.55. The average molecular weight is 483 g/mol. The van der Waals surface area contributed by atoms with Crippen molar-refractivity contribution in [1.82, 2.24) is 9.21 Å². The largest absolute Gasteiger partial charge is 0.497 e. The lowest BCUT2D eigenvalue weighted by atomic mass is 10.2. The lowest BCUT2D eigenvalue weighted by Gasteiger charge is -2.33. The van der Waals surface area contributed by atoms with Crippen LogP contribution in [0.3, 0.4) is 0 Å². The molecule has 0 saturated carbocycles. The molecule has 0 spiro atoms. The van der Waals surface area contributed by atoms with Crippen LogP contribution in [-0.2, 0) is 19.6 Å². The second-order valence-electron chi connectivity index (χ2n) is 6.88. The Morgan fingerprint density at radius 3 is 2.22 bits per heavy atom. The molecule has 1 aliphatic heterocycles. The number of carbonyl (C=O) groups is 2. The molecule has 9 nitrogen and oxygen atoms in total.